The monoisotopic (exact) mass is 219 g/mol. The topological polar surface area (TPSA) is 42.1 Å². The molecule has 1 saturated heterocycles. The predicted molar refractivity (Wildman–Crippen MR) is 67.7 cm³/mol. The fourth-order valence-electron chi connectivity index (χ4n) is 2.09. The number of anilines is 1. The minimum atomic E-state index is 0.276. The second-order valence-electron chi connectivity index (χ2n) is 4.73. The number of rotatable bonds is 4. The summed E-state index contributed by atoms with van der Waals surface area (Å²) in [4.78, 5) is 6.88. The van der Waals surface area contributed by atoms with Gasteiger partial charge >= 0.3 is 0 Å². The molecular weight excluding hydrogens is 198 g/mol. The Morgan fingerprint density at radius 1 is 1.38 bits per heavy atom. The van der Waals surface area contributed by atoms with Crippen LogP contribution in [0, 0.1) is 0 Å². The van der Waals surface area contributed by atoms with Gasteiger partial charge in [-0.1, -0.05) is 6.07 Å². The van der Waals surface area contributed by atoms with Gasteiger partial charge in [0.15, 0.2) is 0 Å². The molecule has 3 heteroatoms. The Labute approximate surface area is 97.7 Å². The number of aryl methyl sites for hydroxylation is 1. The van der Waals surface area contributed by atoms with Crippen LogP contribution < -0.4 is 10.6 Å². The van der Waals surface area contributed by atoms with E-state index in [9.17, 15) is 0 Å². The third kappa shape index (κ3) is 2.95. The lowest BCUT2D eigenvalue weighted by Gasteiger charge is -2.16. The molecule has 0 amide bonds. The van der Waals surface area contributed by atoms with E-state index in [4.69, 9.17) is 5.73 Å². The summed E-state index contributed by atoms with van der Waals surface area (Å²) >= 11 is 0. The predicted octanol–water partition coefficient (Wildman–Crippen LogP) is 1.96. The van der Waals surface area contributed by atoms with E-state index in [2.05, 4.69) is 22.0 Å². The molecule has 0 saturated carbocycles. The van der Waals surface area contributed by atoms with Crippen molar-refractivity contribution in [2.24, 2.45) is 5.73 Å². The largest absolute Gasteiger partial charge is 0.357 e. The molecule has 88 valence electrons. The van der Waals surface area contributed by atoms with Crippen LogP contribution in [0.1, 0.15) is 31.7 Å². The Kier molecular flexibility index (Phi) is 3.78. The van der Waals surface area contributed by atoms with Crippen molar-refractivity contribution in [3.05, 3.63) is 23.9 Å². The van der Waals surface area contributed by atoms with Crippen LogP contribution in [0.15, 0.2) is 18.3 Å². The Balaban J connectivity index is 1.93. The molecule has 2 rings (SSSR count). The van der Waals surface area contributed by atoms with E-state index in [1.807, 2.05) is 13.1 Å². The lowest BCUT2D eigenvalue weighted by Crippen LogP contribution is -2.19. The Bertz CT molecular complexity index is 312. The van der Waals surface area contributed by atoms with Gasteiger partial charge in [-0.3, -0.25) is 0 Å². The summed E-state index contributed by atoms with van der Waals surface area (Å²) in [5, 5.41) is 0. The van der Waals surface area contributed by atoms with Crippen molar-refractivity contribution in [1.29, 1.82) is 0 Å². The number of hydrogen-bond donors (Lipinski definition) is 1. The van der Waals surface area contributed by atoms with Crippen molar-refractivity contribution < 1.29 is 0 Å². The van der Waals surface area contributed by atoms with Crippen molar-refractivity contribution in [2.45, 2.75) is 38.6 Å². The van der Waals surface area contributed by atoms with Gasteiger partial charge in [0.25, 0.3) is 0 Å². The summed E-state index contributed by atoms with van der Waals surface area (Å²) < 4.78 is 0. The maximum Gasteiger partial charge on any atom is 0.128 e. The zero-order valence-electron chi connectivity index (χ0n) is 10.0. The number of pyridine rings is 1. The van der Waals surface area contributed by atoms with Gasteiger partial charge < -0.3 is 10.6 Å². The van der Waals surface area contributed by atoms with Gasteiger partial charge in [0.2, 0.25) is 0 Å². The van der Waals surface area contributed by atoms with Crippen LogP contribution >= 0.6 is 0 Å². The number of nitrogens with two attached hydrogens (primary N) is 1. The molecule has 2 N–H and O–H groups in total. The smallest absolute Gasteiger partial charge is 0.128 e. The molecule has 3 nitrogen and oxygen atoms in total. The molecule has 1 unspecified atom stereocenters. The molecule has 0 bridgehead atoms. The van der Waals surface area contributed by atoms with Crippen molar-refractivity contribution >= 4 is 5.82 Å². The van der Waals surface area contributed by atoms with Crippen LogP contribution in [-0.4, -0.2) is 24.1 Å². The van der Waals surface area contributed by atoms with Crippen molar-refractivity contribution in [1.82, 2.24) is 4.98 Å². The zero-order valence-corrected chi connectivity index (χ0v) is 10.0. The fourth-order valence-corrected chi connectivity index (χ4v) is 2.09. The van der Waals surface area contributed by atoms with E-state index in [-0.39, 0.29) is 6.04 Å². The van der Waals surface area contributed by atoms with Crippen molar-refractivity contribution in [3.8, 4) is 0 Å². The van der Waals surface area contributed by atoms with E-state index >= 15 is 0 Å². The van der Waals surface area contributed by atoms with E-state index in [1.54, 1.807) is 0 Å². The van der Waals surface area contributed by atoms with Crippen LogP contribution in [0.3, 0.4) is 0 Å². The molecular formula is C13H21N3. The van der Waals surface area contributed by atoms with Gasteiger partial charge in [-0.25, -0.2) is 4.98 Å². The van der Waals surface area contributed by atoms with Crippen molar-refractivity contribution in [2.75, 3.05) is 18.0 Å². The molecule has 16 heavy (non-hydrogen) atoms. The summed E-state index contributed by atoms with van der Waals surface area (Å²) in [6.45, 7) is 4.37. The SMILES string of the molecule is CC(N)CCc1ccc(N2CCCC2)nc1. The molecule has 1 aliphatic rings. The molecule has 0 aromatic carbocycles. The third-order valence-corrected chi connectivity index (χ3v) is 3.13. The van der Waals surface area contributed by atoms with Crippen LogP contribution in [0.25, 0.3) is 0 Å². The number of aromatic nitrogens is 1. The Morgan fingerprint density at radius 3 is 2.69 bits per heavy atom. The summed E-state index contributed by atoms with van der Waals surface area (Å²) in [6, 6.07) is 4.60. The lowest BCUT2D eigenvalue weighted by atomic mass is 10.1. The highest BCUT2D eigenvalue weighted by Gasteiger charge is 2.12. The van der Waals surface area contributed by atoms with Gasteiger partial charge in [0.1, 0.15) is 5.82 Å². The van der Waals surface area contributed by atoms with E-state index in [0.717, 1.165) is 31.7 Å². The quantitative estimate of drug-likeness (QED) is 0.841. The molecule has 0 spiro atoms. The maximum atomic E-state index is 5.74. The normalized spacial score (nSPS) is 17.8. The molecule has 1 aromatic rings. The molecule has 1 fully saturated rings. The van der Waals surface area contributed by atoms with Gasteiger partial charge in [0, 0.05) is 25.3 Å². The molecule has 1 aliphatic heterocycles. The Morgan fingerprint density at radius 2 is 2.12 bits per heavy atom. The lowest BCUT2D eigenvalue weighted by molar-refractivity contribution is 0.665. The van der Waals surface area contributed by atoms with Gasteiger partial charge in [-0.05, 0) is 44.2 Å². The number of hydrogen-bond acceptors (Lipinski definition) is 3. The fraction of sp³-hybridized carbons (Fsp3) is 0.615. The molecule has 0 aliphatic carbocycles. The molecule has 2 heterocycles. The van der Waals surface area contributed by atoms with Gasteiger partial charge in [-0.2, -0.15) is 0 Å². The summed E-state index contributed by atoms with van der Waals surface area (Å²) in [6.07, 6.45) is 6.66. The summed E-state index contributed by atoms with van der Waals surface area (Å²) in [5.41, 5.74) is 7.03. The summed E-state index contributed by atoms with van der Waals surface area (Å²) in [7, 11) is 0. The van der Waals surface area contributed by atoms with Crippen LogP contribution in [0.2, 0.25) is 0 Å². The number of nitrogens with zero attached hydrogens (tertiary/aromatic N) is 2. The first kappa shape index (κ1) is 11.4. The highest BCUT2D eigenvalue weighted by Crippen LogP contribution is 2.17. The van der Waals surface area contributed by atoms with E-state index in [1.165, 1.54) is 18.4 Å². The third-order valence-electron chi connectivity index (χ3n) is 3.13. The summed E-state index contributed by atoms with van der Waals surface area (Å²) in [5.74, 6) is 1.13. The second-order valence-corrected chi connectivity index (χ2v) is 4.73. The minimum absolute atomic E-state index is 0.276. The van der Waals surface area contributed by atoms with Crippen LogP contribution in [-0.2, 0) is 6.42 Å². The van der Waals surface area contributed by atoms with Gasteiger partial charge in [0.05, 0.1) is 0 Å². The van der Waals surface area contributed by atoms with E-state index < -0.39 is 0 Å². The second kappa shape index (κ2) is 5.30. The first-order valence-electron chi connectivity index (χ1n) is 6.21. The minimum Gasteiger partial charge on any atom is -0.357 e. The highest BCUT2D eigenvalue weighted by atomic mass is 15.2. The Hall–Kier alpha value is -1.09. The highest BCUT2D eigenvalue weighted by molar-refractivity contribution is 5.40. The molecule has 1 aromatic heterocycles. The average molecular weight is 219 g/mol. The van der Waals surface area contributed by atoms with Gasteiger partial charge in [-0.15, -0.1) is 0 Å². The van der Waals surface area contributed by atoms with E-state index in [0.29, 0.717) is 0 Å². The molecule has 1 atom stereocenters. The van der Waals surface area contributed by atoms with Crippen molar-refractivity contribution in [3.63, 3.8) is 0 Å². The van der Waals surface area contributed by atoms with Crippen LogP contribution in [0.4, 0.5) is 5.82 Å². The molecule has 0 radical (unpaired) electrons. The van der Waals surface area contributed by atoms with Crippen LogP contribution in [0.5, 0.6) is 0 Å². The maximum absolute atomic E-state index is 5.74. The first-order valence-corrected chi connectivity index (χ1v) is 6.21. The first-order chi connectivity index (χ1) is 7.75. The zero-order chi connectivity index (χ0) is 11.4. The standard InChI is InChI=1S/C13H21N3/c1-11(14)4-5-12-6-7-13(15-10-12)16-8-2-3-9-16/h6-7,10-11H,2-5,8-9,14H2,1H3. The average Bonchev–Trinajstić information content (AvgIpc) is 2.80.